The lowest BCUT2D eigenvalue weighted by Crippen LogP contribution is -2.69. The van der Waals surface area contributed by atoms with Crippen molar-refractivity contribution in [3.63, 3.8) is 0 Å². The summed E-state index contributed by atoms with van der Waals surface area (Å²) >= 11 is 1.18. The lowest BCUT2D eigenvalue weighted by Gasteiger charge is -2.11. The van der Waals surface area contributed by atoms with E-state index in [9.17, 15) is 9.83 Å². The van der Waals surface area contributed by atoms with Crippen LogP contribution in [-0.2, 0) is 9.19 Å². The molecular weight excluding hydrogens is 471 g/mol. The van der Waals surface area contributed by atoms with Gasteiger partial charge in [0, 0.05) is 0 Å². The third kappa shape index (κ3) is 5.29. The molecule has 0 amide bonds. The van der Waals surface area contributed by atoms with Gasteiger partial charge in [-0.05, 0) is 71.0 Å². The molecule has 1 aliphatic heterocycles. The number of nitrogens with one attached hydrogen (secondary N) is 1. The third-order valence-corrected chi connectivity index (χ3v) is 5.87. The Kier molecular flexibility index (Phi) is 7.61. The number of rotatable bonds is 8. The summed E-state index contributed by atoms with van der Waals surface area (Å²) in [7, 11) is 1.01. The van der Waals surface area contributed by atoms with Gasteiger partial charge < -0.3 is 14.2 Å². The number of hydrogen-bond donors (Lipinski definition) is 1. The maximum atomic E-state index is 11.0. The smallest absolute Gasteiger partial charge is 0.470 e. The minimum absolute atomic E-state index is 0.292. The molecule has 0 aliphatic carbocycles. The van der Waals surface area contributed by atoms with Gasteiger partial charge in [-0.1, -0.05) is 36.4 Å². The minimum atomic E-state index is -0.567. The summed E-state index contributed by atoms with van der Waals surface area (Å²) in [6, 6.07) is 27.7. The Morgan fingerprint density at radius 1 is 0.853 bits per heavy atom. The standard InChI is InChI=1S/C25H17N2O5PS/c1-29-18-14-12-17(13-15-18)21(16-26)24-22(30-19-8-4-2-5-9-19)23(25(34-24)27-32-33-28)31-20-10-6-3-7-11-20/h2-15H,1H3/p+1. The predicted molar refractivity (Wildman–Crippen MR) is 129 cm³/mol. The fourth-order valence-corrected chi connectivity index (χ4v) is 4.29. The first kappa shape index (κ1) is 23.1. The van der Waals surface area contributed by atoms with Crippen LogP contribution in [0, 0.1) is 11.3 Å². The van der Waals surface area contributed by atoms with Crippen molar-refractivity contribution in [1.29, 1.82) is 5.26 Å². The Balaban J connectivity index is 1.90. The average molecular weight is 489 g/mol. The summed E-state index contributed by atoms with van der Waals surface area (Å²) in [4.78, 5) is 0.510. The quantitative estimate of drug-likeness (QED) is 0.279. The predicted octanol–water partition coefficient (Wildman–Crippen LogP) is 4.66. The molecule has 168 valence electrons. The number of thioether (sulfide) groups is 1. The van der Waals surface area contributed by atoms with Crippen LogP contribution in [-0.4, -0.2) is 12.2 Å². The number of benzene rings is 3. The molecule has 0 aromatic heterocycles. The van der Waals surface area contributed by atoms with Crippen molar-refractivity contribution in [1.82, 2.24) is 0 Å². The highest BCUT2D eigenvalue weighted by Crippen LogP contribution is 2.43. The zero-order valence-electron chi connectivity index (χ0n) is 17.9. The molecule has 3 aromatic carbocycles. The molecule has 0 spiro atoms. The Bertz CT molecular complexity index is 1300. The molecule has 0 radical (unpaired) electrons. The second kappa shape index (κ2) is 11.2. The van der Waals surface area contributed by atoms with Gasteiger partial charge in [0.15, 0.2) is 5.76 Å². The summed E-state index contributed by atoms with van der Waals surface area (Å²) in [6.07, 6.45) is 0. The van der Waals surface area contributed by atoms with E-state index >= 15 is 0 Å². The van der Waals surface area contributed by atoms with Crippen molar-refractivity contribution in [3.05, 3.63) is 107 Å². The lowest BCUT2D eigenvalue weighted by atomic mass is 10.1. The highest BCUT2D eigenvalue weighted by molar-refractivity contribution is 8.18. The maximum Gasteiger partial charge on any atom is 0.470 e. The first-order chi connectivity index (χ1) is 16.7. The monoisotopic (exact) mass is 489 g/mol. The van der Waals surface area contributed by atoms with Crippen LogP contribution < -0.4 is 19.4 Å². The number of allylic oxidation sites excluding steroid dienone is 1. The van der Waals surface area contributed by atoms with Crippen molar-refractivity contribution in [2.45, 2.75) is 0 Å². The summed E-state index contributed by atoms with van der Waals surface area (Å²) in [6.45, 7) is 0. The van der Waals surface area contributed by atoms with Gasteiger partial charge in [-0.3, -0.25) is 0 Å². The van der Waals surface area contributed by atoms with Crippen LogP contribution in [0.4, 0.5) is 0 Å². The normalized spacial score (nSPS) is 15.7. The molecule has 0 saturated heterocycles. The Morgan fingerprint density at radius 2 is 1.44 bits per heavy atom. The zero-order valence-corrected chi connectivity index (χ0v) is 19.6. The van der Waals surface area contributed by atoms with Crippen LogP contribution in [0.3, 0.4) is 0 Å². The molecule has 0 fully saturated rings. The Morgan fingerprint density at radius 3 is 1.97 bits per heavy atom. The molecule has 0 unspecified atom stereocenters. The fourth-order valence-electron chi connectivity index (χ4n) is 3.10. The third-order valence-electron chi connectivity index (χ3n) is 4.64. The Hall–Kier alpha value is -4.05. The molecule has 0 atom stereocenters. The molecular formula is C25H18N2O5PS+. The van der Waals surface area contributed by atoms with E-state index in [4.69, 9.17) is 18.8 Å². The van der Waals surface area contributed by atoms with Gasteiger partial charge in [0.05, 0.1) is 17.6 Å². The molecule has 1 heterocycles. The number of hydrogen-bond acceptors (Lipinski definition) is 7. The van der Waals surface area contributed by atoms with Gasteiger partial charge in [-0.25, -0.2) is 4.57 Å². The highest BCUT2D eigenvalue weighted by Gasteiger charge is 2.39. The summed E-state index contributed by atoms with van der Waals surface area (Å²) in [5, 5.41) is 13.1. The molecule has 34 heavy (non-hydrogen) atoms. The van der Waals surface area contributed by atoms with Crippen molar-refractivity contribution >= 4 is 31.1 Å². The van der Waals surface area contributed by atoms with E-state index in [1.165, 1.54) is 11.8 Å². The van der Waals surface area contributed by atoms with Gasteiger partial charge in [0.1, 0.15) is 23.3 Å². The van der Waals surface area contributed by atoms with Crippen molar-refractivity contribution < 1.29 is 28.6 Å². The molecule has 0 saturated carbocycles. The Labute approximate surface area is 202 Å². The van der Waals surface area contributed by atoms with E-state index in [1.54, 1.807) is 55.6 Å². The van der Waals surface area contributed by atoms with Gasteiger partial charge >= 0.3 is 13.7 Å². The molecule has 9 heteroatoms. The molecule has 3 aromatic rings. The van der Waals surface area contributed by atoms with Crippen LogP contribution in [0.5, 0.6) is 17.2 Å². The fraction of sp³-hybridized carbons (Fsp3) is 0.0400. The number of methoxy groups -OCH3 is 1. The largest absolute Gasteiger partial charge is 0.497 e. The van der Waals surface area contributed by atoms with Crippen molar-refractivity contribution in [2.75, 3.05) is 7.11 Å². The first-order valence-corrected chi connectivity index (χ1v) is 11.6. The second-order valence-electron chi connectivity index (χ2n) is 6.73. The van der Waals surface area contributed by atoms with E-state index in [0.29, 0.717) is 49.9 Å². The highest BCUT2D eigenvalue weighted by atomic mass is 32.2. The first-order valence-electron chi connectivity index (χ1n) is 10.0. The summed E-state index contributed by atoms with van der Waals surface area (Å²) < 4.78 is 33.5. The van der Waals surface area contributed by atoms with E-state index < -0.39 is 8.69 Å². The van der Waals surface area contributed by atoms with Crippen LogP contribution in [0.1, 0.15) is 5.56 Å². The second-order valence-corrected chi connectivity index (χ2v) is 8.08. The average Bonchev–Trinajstić information content (AvgIpc) is 3.21. The summed E-state index contributed by atoms with van der Waals surface area (Å²) in [5.41, 5.74) is 1.03. The summed E-state index contributed by atoms with van der Waals surface area (Å²) in [5.74, 6) is 2.39. The van der Waals surface area contributed by atoms with E-state index in [1.807, 2.05) is 36.4 Å². The topological polar surface area (TPSA) is 91.8 Å². The van der Waals surface area contributed by atoms with E-state index in [2.05, 4.69) is 11.2 Å². The maximum absolute atomic E-state index is 11.0. The minimum Gasteiger partial charge on any atom is -0.497 e. The lowest BCUT2D eigenvalue weighted by molar-refractivity contribution is -0.701. The van der Waals surface area contributed by atoms with Gasteiger partial charge in [-0.2, -0.15) is 9.89 Å². The molecule has 0 bridgehead atoms. The van der Waals surface area contributed by atoms with Crippen LogP contribution >= 0.6 is 20.4 Å². The van der Waals surface area contributed by atoms with Crippen LogP contribution in [0.25, 0.3) is 5.57 Å². The molecule has 4 rings (SSSR count). The number of nitriles is 1. The van der Waals surface area contributed by atoms with Crippen molar-refractivity contribution in [3.8, 4) is 23.3 Å². The van der Waals surface area contributed by atoms with E-state index in [-0.39, 0.29) is 0 Å². The van der Waals surface area contributed by atoms with E-state index in [0.717, 1.165) is 0 Å². The number of para-hydroxylation sites is 2. The zero-order chi connectivity index (χ0) is 23.8. The van der Waals surface area contributed by atoms with Crippen LogP contribution in [0.2, 0.25) is 0 Å². The number of ether oxygens (including phenoxy) is 3. The van der Waals surface area contributed by atoms with Gasteiger partial charge in [0.25, 0.3) is 5.76 Å². The van der Waals surface area contributed by atoms with Gasteiger partial charge in [-0.15, -0.1) is 0 Å². The van der Waals surface area contributed by atoms with Crippen molar-refractivity contribution in [2.24, 2.45) is 0 Å². The van der Waals surface area contributed by atoms with Gasteiger partial charge in [0.2, 0.25) is 0 Å². The molecule has 7 nitrogen and oxygen atoms in total. The number of nitrogens with zero attached hydrogens (tertiary/aromatic N) is 1. The SMILES string of the molecule is COc1ccc(C(C#N)=C2SC(=[NH+]OP=O)C(Oc3ccccc3)=C2Oc2ccccc2)cc1. The van der Waals surface area contributed by atoms with Crippen LogP contribution in [0.15, 0.2) is 101 Å². The molecule has 1 N–H and O–H groups in total. The molecule has 1 aliphatic rings.